The summed E-state index contributed by atoms with van der Waals surface area (Å²) in [6.07, 6.45) is -4.58. The Morgan fingerprint density at radius 1 is 1.00 bits per heavy atom. The fourth-order valence-electron chi connectivity index (χ4n) is 8.66. The zero-order valence-corrected chi connectivity index (χ0v) is 17.6. The molecule has 0 radical (unpaired) electrons. The second kappa shape index (κ2) is 4.78. The van der Waals surface area contributed by atoms with Gasteiger partial charge in [-0.25, -0.2) is 9.59 Å². The van der Waals surface area contributed by atoms with E-state index in [0.717, 1.165) is 0 Å². The lowest BCUT2D eigenvalue weighted by Gasteiger charge is -2.47. The Morgan fingerprint density at radius 2 is 1.74 bits per heavy atom. The van der Waals surface area contributed by atoms with Crippen LogP contribution in [0.2, 0.25) is 0 Å². The molecule has 0 aromatic heterocycles. The summed E-state index contributed by atoms with van der Waals surface area (Å²) in [6, 6.07) is 0. The topological polar surface area (TPSA) is 127 Å². The number of esters is 3. The van der Waals surface area contributed by atoms with Gasteiger partial charge in [0, 0.05) is 0 Å². The van der Waals surface area contributed by atoms with Crippen LogP contribution in [0.15, 0.2) is 0 Å². The maximum absolute atomic E-state index is 13.6. The minimum Gasteiger partial charge on any atom is -0.459 e. The summed E-state index contributed by atoms with van der Waals surface area (Å²) in [5.41, 5.74) is -6.80. The molecule has 2 spiro atoms. The molecule has 0 amide bonds. The SMILES string of the molecule is C[C@@H]1C(=O)OC2[C@@H]3OCO[C@H]4C(=O)OC5OC6(C(=O)OC7C[C@@H](C(C)(C)C)C54[C@]736)[C@]21O. The third kappa shape index (κ3) is 1.39. The van der Waals surface area contributed by atoms with Crippen LogP contribution in [-0.4, -0.2) is 71.7 Å². The zero-order valence-electron chi connectivity index (χ0n) is 17.6. The number of hydrogen-bond acceptors (Lipinski definition) is 10. The largest absolute Gasteiger partial charge is 0.459 e. The van der Waals surface area contributed by atoms with E-state index in [9.17, 15) is 19.5 Å². The van der Waals surface area contributed by atoms with Crippen LogP contribution in [0.4, 0.5) is 0 Å². The molecule has 0 bridgehead atoms. The molecule has 5 aliphatic heterocycles. The molecular formula is C21H24O10. The number of rotatable bonds is 0. The highest BCUT2D eigenvalue weighted by Gasteiger charge is 3.04. The van der Waals surface area contributed by atoms with E-state index in [-0.39, 0.29) is 18.1 Å². The van der Waals surface area contributed by atoms with Crippen LogP contribution >= 0.6 is 0 Å². The predicted molar refractivity (Wildman–Crippen MR) is 94.6 cm³/mol. The van der Waals surface area contributed by atoms with Gasteiger partial charge in [-0.3, -0.25) is 4.79 Å². The van der Waals surface area contributed by atoms with Crippen molar-refractivity contribution < 1.29 is 47.9 Å². The molecule has 31 heavy (non-hydrogen) atoms. The Labute approximate surface area is 177 Å². The van der Waals surface area contributed by atoms with Crippen LogP contribution in [0, 0.1) is 28.1 Å². The van der Waals surface area contributed by atoms with Crippen molar-refractivity contribution in [3.63, 3.8) is 0 Å². The summed E-state index contributed by atoms with van der Waals surface area (Å²) in [7, 11) is 0. The van der Waals surface area contributed by atoms with E-state index in [1.54, 1.807) is 0 Å². The van der Waals surface area contributed by atoms with Crippen molar-refractivity contribution in [2.24, 2.45) is 28.1 Å². The normalized spacial score (nSPS) is 60.3. The summed E-state index contributed by atoms with van der Waals surface area (Å²) in [6.45, 7) is 7.38. The first-order valence-electron chi connectivity index (χ1n) is 10.8. The first kappa shape index (κ1) is 18.8. The highest BCUT2D eigenvalue weighted by molar-refractivity contribution is 5.94. The quantitative estimate of drug-likeness (QED) is 0.398. The minimum absolute atomic E-state index is 0.223. The molecule has 168 valence electrons. The highest BCUT2D eigenvalue weighted by atomic mass is 16.8. The summed E-state index contributed by atoms with van der Waals surface area (Å²) in [4.78, 5) is 39.1. The fourth-order valence-corrected chi connectivity index (χ4v) is 8.66. The first-order chi connectivity index (χ1) is 14.5. The van der Waals surface area contributed by atoms with Crippen molar-refractivity contribution in [3.05, 3.63) is 0 Å². The van der Waals surface area contributed by atoms with E-state index < -0.39 is 76.6 Å². The Kier molecular flexibility index (Phi) is 2.90. The molecule has 2 saturated carbocycles. The van der Waals surface area contributed by atoms with Gasteiger partial charge in [-0.05, 0) is 24.7 Å². The smallest absolute Gasteiger partial charge is 0.343 e. The lowest BCUT2D eigenvalue weighted by molar-refractivity contribution is -0.240. The van der Waals surface area contributed by atoms with Crippen molar-refractivity contribution >= 4 is 17.9 Å². The van der Waals surface area contributed by atoms with Crippen LogP contribution < -0.4 is 0 Å². The molecule has 1 N–H and O–H groups in total. The van der Waals surface area contributed by atoms with Crippen molar-refractivity contribution in [1.29, 1.82) is 0 Å². The van der Waals surface area contributed by atoms with E-state index in [0.29, 0.717) is 6.42 Å². The van der Waals surface area contributed by atoms with Gasteiger partial charge in [0.15, 0.2) is 17.8 Å². The molecule has 2 aliphatic carbocycles. The third-order valence-electron chi connectivity index (χ3n) is 9.42. The summed E-state index contributed by atoms with van der Waals surface area (Å²) >= 11 is 0. The number of fused-ring (bicyclic) bond motifs is 2. The molecule has 0 aromatic carbocycles. The lowest BCUT2D eigenvalue weighted by atomic mass is 9.51. The zero-order chi connectivity index (χ0) is 21.9. The van der Waals surface area contributed by atoms with Crippen molar-refractivity contribution in [3.8, 4) is 0 Å². The molecule has 5 heterocycles. The van der Waals surface area contributed by atoms with Crippen molar-refractivity contribution in [2.45, 2.75) is 76.0 Å². The molecule has 5 saturated heterocycles. The van der Waals surface area contributed by atoms with Gasteiger partial charge in [0.1, 0.15) is 19.0 Å². The average Bonchev–Trinajstić information content (AvgIpc) is 3.35. The van der Waals surface area contributed by atoms with Crippen LogP contribution in [-0.2, 0) is 42.8 Å². The monoisotopic (exact) mass is 436 g/mol. The van der Waals surface area contributed by atoms with E-state index in [1.807, 2.05) is 20.8 Å². The van der Waals surface area contributed by atoms with Gasteiger partial charge in [-0.2, -0.15) is 0 Å². The Morgan fingerprint density at radius 3 is 2.45 bits per heavy atom. The van der Waals surface area contributed by atoms with Crippen LogP contribution in [0.3, 0.4) is 0 Å². The van der Waals surface area contributed by atoms with E-state index in [4.69, 9.17) is 28.4 Å². The van der Waals surface area contributed by atoms with Crippen LogP contribution in [0.25, 0.3) is 0 Å². The molecule has 11 atom stereocenters. The fraction of sp³-hybridized carbons (Fsp3) is 0.857. The molecule has 7 fully saturated rings. The van der Waals surface area contributed by atoms with E-state index in [1.165, 1.54) is 6.92 Å². The second-order valence-corrected chi connectivity index (χ2v) is 11.1. The van der Waals surface area contributed by atoms with Gasteiger partial charge in [-0.1, -0.05) is 20.8 Å². The average molecular weight is 436 g/mol. The molecule has 7 rings (SSSR count). The van der Waals surface area contributed by atoms with E-state index >= 15 is 0 Å². The van der Waals surface area contributed by atoms with E-state index in [2.05, 4.69) is 0 Å². The van der Waals surface area contributed by atoms with Gasteiger partial charge in [-0.15, -0.1) is 0 Å². The van der Waals surface area contributed by atoms with Gasteiger partial charge >= 0.3 is 17.9 Å². The molecule has 5 unspecified atom stereocenters. The summed E-state index contributed by atoms with van der Waals surface area (Å²) < 4.78 is 35.6. The number of carbonyl (C=O) groups excluding carboxylic acids is 3. The third-order valence-corrected chi connectivity index (χ3v) is 9.42. The minimum atomic E-state index is -2.03. The Hall–Kier alpha value is -1.75. The highest BCUT2D eigenvalue weighted by Crippen LogP contribution is 2.85. The maximum atomic E-state index is 13.6. The Balaban J connectivity index is 1.62. The molecule has 0 aromatic rings. The standard InChI is InChI=1S/C21H24O10/c1-7-13(22)29-11-10-19-9-5-8(17(2,3)4)18(19)12(27-6-26-10)14(23)30-16(18)31-21(19,15(24)28-9)20(7,11)25/h7-12,16,25H,5-6H2,1-4H3/t7-,8+,9?,10+,11?,12+,16?,18?,19+,20-,21?/m1/s1. The summed E-state index contributed by atoms with van der Waals surface area (Å²) in [5, 5.41) is 12.1. The van der Waals surface area contributed by atoms with Crippen LogP contribution in [0.1, 0.15) is 34.1 Å². The van der Waals surface area contributed by atoms with Crippen molar-refractivity contribution in [2.75, 3.05) is 6.79 Å². The molecular weight excluding hydrogens is 412 g/mol. The second-order valence-electron chi connectivity index (χ2n) is 11.1. The molecule has 10 nitrogen and oxygen atoms in total. The maximum Gasteiger partial charge on any atom is 0.343 e. The van der Waals surface area contributed by atoms with Crippen LogP contribution in [0.5, 0.6) is 0 Å². The van der Waals surface area contributed by atoms with Gasteiger partial charge < -0.3 is 33.5 Å². The number of ether oxygens (including phenoxy) is 6. The number of carbonyl (C=O) groups is 3. The Bertz CT molecular complexity index is 972. The predicted octanol–water partition coefficient (Wildman–Crippen LogP) is -0.350. The molecule has 7 aliphatic rings. The van der Waals surface area contributed by atoms with Crippen molar-refractivity contribution in [1.82, 2.24) is 0 Å². The summed E-state index contributed by atoms with van der Waals surface area (Å²) in [5.74, 6) is -3.28. The molecule has 10 heteroatoms. The lowest BCUT2D eigenvalue weighted by Crippen LogP contribution is -2.67. The van der Waals surface area contributed by atoms with Gasteiger partial charge in [0.25, 0.3) is 0 Å². The number of aliphatic hydroxyl groups is 1. The first-order valence-corrected chi connectivity index (χ1v) is 10.8. The number of hydrogen-bond donors (Lipinski definition) is 1. The van der Waals surface area contributed by atoms with Gasteiger partial charge in [0.05, 0.1) is 16.7 Å². The van der Waals surface area contributed by atoms with Gasteiger partial charge in [0.2, 0.25) is 11.9 Å².